The van der Waals surface area contributed by atoms with E-state index in [9.17, 15) is 9.59 Å². The normalized spacial score (nSPS) is 15.4. The Bertz CT molecular complexity index is 1170. The second-order valence-corrected chi connectivity index (χ2v) is 8.03. The average Bonchev–Trinajstić information content (AvgIpc) is 3.40. The second kappa shape index (κ2) is 7.98. The molecule has 0 fully saturated rings. The second-order valence-electron chi connectivity index (χ2n) is 8.03. The van der Waals surface area contributed by atoms with E-state index in [2.05, 4.69) is 10.3 Å². The molecule has 160 valence electrons. The maximum Gasteiger partial charge on any atom is 0.338 e. The molecule has 5 rings (SSSR count). The Morgan fingerprint density at radius 2 is 1.94 bits per heavy atom. The molecule has 1 aliphatic carbocycles. The summed E-state index contributed by atoms with van der Waals surface area (Å²) in [4.78, 5) is 28.3. The van der Waals surface area contributed by atoms with E-state index < -0.39 is 5.97 Å². The summed E-state index contributed by atoms with van der Waals surface area (Å²) in [6.07, 6.45) is 4.42. The van der Waals surface area contributed by atoms with Crippen molar-refractivity contribution in [2.45, 2.75) is 38.6 Å². The summed E-state index contributed by atoms with van der Waals surface area (Å²) in [7, 11) is 0. The molecule has 0 spiro atoms. The van der Waals surface area contributed by atoms with Crippen LogP contribution in [-0.2, 0) is 22.4 Å². The number of nitrogens with one attached hydrogen (secondary N) is 2. The van der Waals surface area contributed by atoms with Crippen LogP contribution in [0, 0.1) is 0 Å². The Balaban J connectivity index is 1.20. The molecule has 1 atom stereocenters. The van der Waals surface area contributed by atoms with E-state index in [1.165, 1.54) is 17.7 Å². The van der Waals surface area contributed by atoms with Gasteiger partial charge in [0, 0.05) is 16.6 Å². The van der Waals surface area contributed by atoms with Gasteiger partial charge in [0.05, 0.1) is 11.6 Å². The molecule has 0 saturated heterocycles. The third-order valence-corrected chi connectivity index (χ3v) is 5.94. The van der Waals surface area contributed by atoms with E-state index in [1.807, 2.05) is 37.3 Å². The summed E-state index contributed by atoms with van der Waals surface area (Å²) >= 11 is 0. The Morgan fingerprint density at radius 1 is 1.10 bits per heavy atom. The van der Waals surface area contributed by atoms with Crippen molar-refractivity contribution in [3.63, 3.8) is 0 Å². The highest BCUT2D eigenvalue weighted by Gasteiger charge is 2.19. The van der Waals surface area contributed by atoms with Crippen LogP contribution < -0.4 is 14.8 Å². The molecule has 31 heavy (non-hydrogen) atoms. The molecule has 3 aromatic rings. The van der Waals surface area contributed by atoms with Gasteiger partial charge in [-0.25, -0.2) is 4.79 Å². The van der Waals surface area contributed by atoms with Crippen molar-refractivity contribution < 1.29 is 23.8 Å². The molecule has 1 unspecified atom stereocenters. The van der Waals surface area contributed by atoms with E-state index >= 15 is 0 Å². The highest BCUT2D eigenvalue weighted by atomic mass is 16.7. The molecule has 2 N–H and O–H groups in total. The van der Waals surface area contributed by atoms with Crippen LogP contribution in [0.4, 0.5) is 0 Å². The van der Waals surface area contributed by atoms with Crippen molar-refractivity contribution in [1.82, 2.24) is 10.3 Å². The fourth-order valence-corrected chi connectivity index (χ4v) is 4.30. The van der Waals surface area contributed by atoms with Gasteiger partial charge in [-0.2, -0.15) is 0 Å². The SMILES string of the molecule is CC(NC(=O)COC(=O)c1ccc2[nH]c3c(c2c1)CCCC3)c1ccc2c(c1)OCO2. The van der Waals surface area contributed by atoms with Crippen LogP contribution >= 0.6 is 0 Å². The third-order valence-electron chi connectivity index (χ3n) is 5.94. The first-order valence-electron chi connectivity index (χ1n) is 10.6. The molecule has 1 aliphatic heterocycles. The van der Waals surface area contributed by atoms with Gasteiger partial charge < -0.3 is 24.5 Å². The zero-order valence-corrected chi connectivity index (χ0v) is 17.3. The topological polar surface area (TPSA) is 89.7 Å². The molecule has 1 aromatic heterocycles. The van der Waals surface area contributed by atoms with Gasteiger partial charge in [0.25, 0.3) is 5.91 Å². The van der Waals surface area contributed by atoms with Crippen LogP contribution in [0.25, 0.3) is 10.9 Å². The molecule has 2 aliphatic rings. The van der Waals surface area contributed by atoms with Crippen molar-refractivity contribution in [1.29, 1.82) is 0 Å². The number of aromatic amines is 1. The molecular formula is C24H24N2O5. The standard InChI is InChI=1S/C24H24N2O5/c1-14(15-7-9-21-22(11-15)31-13-30-21)25-23(27)12-29-24(28)16-6-8-20-18(10-16)17-4-2-3-5-19(17)26-20/h6-11,14,26H,2-5,12-13H2,1H3,(H,25,27). The number of aromatic nitrogens is 1. The minimum Gasteiger partial charge on any atom is -0.454 e. The summed E-state index contributed by atoms with van der Waals surface area (Å²) in [5, 5.41) is 3.92. The van der Waals surface area contributed by atoms with E-state index in [1.54, 1.807) is 6.07 Å². The molecule has 7 heteroatoms. The zero-order chi connectivity index (χ0) is 21.4. The zero-order valence-electron chi connectivity index (χ0n) is 17.3. The minimum atomic E-state index is -0.501. The summed E-state index contributed by atoms with van der Waals surface area (Å²) in [6, 6.07) is 10.8. The number of aryl methyl sites for hydroxylation is 2. The maximum absolute atomic E-state index is 12.5. The Hall–Kier alpha value is -3.48. The first kappa shape index (κ1) is 19.5. The smallest absolute Gasteiger partial charge is 0.338 e. The molecule has 0 radical (unpaired) electrons. The van der Waals surface area contributed by atoms with E-state index in [0.717, 1.165) is 35.7 Å². The minimum absolute atomic E-state index is 0.201. The fraction of sp³-hybridized carbons (Fsp3) is 0.333. The third kappa shape index (κ3) is 3.83. The van der Waals surface area contributed by atoms with Crippen LogP contribution in [0.5, 0.6) is 11.5 Å². The van der Waals surface area contributed by atoms with E-state index in [-0.39, 0.29) is 25.3 Å². The van der Waals surface area contributed by atoms with Crippen molar-refractivity contribution in [3.8, 4) is 11.5 Å². The molecule has 2 aromatic carbocycles. The van der Waals surface area contributed by atoms with Crippen LogP contribution in [-0.4, -0.2) is 30.3 Å². The van der Waals surface area contributed by atoms with Gasteiger partial charge >= 0.3 is 5.97 Å². The van der Waals surface area contributed by atoms with Gasteiger partial charge in [-0.15, -0.1) is 0 Å². The lowest BCUT2D eigenvalue weighted by atomic mass is 9.95. The number of hydrogen-bond acceptors (Lipinski definition) is 5. The van der Waals surface area contributed by atoms with Crippen molar-refractivity contribution in [2.75, 3.05) is 13.4 Å². The summed E-state index contributed by atoms with van der Waals surface area (Å²) < 4.78 is 15.9. The first-order valence-corrected chi connectivity index (χ1v) is 10.6. The van der Waals surface area contributed by atoms with Gasteiger partial charge in [0.2, 0.25) is 6.79 Å². The number of ether oxygens (including phenoxy) is 3. The number of hydrogen-bond donors (Lipinski definition) is 2. The van der Waals surface area contributed by atoms with Crippen molar-refractivity contribution >= 4 is 22.8 Å². The molecule has 7 nitrogen and oxygen atoms in total. The Labute approximate surface area is 179 Å². The Kier molecular flexibility index (Phi) is 5.02. The van der Waals surface area contributed by atoms with Gasteiger partial charge in [-0.3, -0.25) is 4.79 Å². The molecule has 0 saturated carbocycles. The van der Waals surface area contributed by atoms with Crippen molar-refractivity contribution in [3.05, 3.63) is 58.8 Å². The van der Waals surface area contributed by atoms with E-state index in [4.69, 9.17) is 14.2 Å². The van der Waals surface area contributed by atoms with Crippen LogP contribution in [0.2, 0.25) is 0 Å². The first-order chi connectivity index (χ1) is 15.1. The number of rotatable bonds is 5. The number of esters is 1. The number of fused-ring (bicyclic) bond motifs is 4. The van der Waals surface area contributed by atoms with Crippen LogP contribution in [0.15, 0.2) is 36.4 Å². The molecule has 2 heterocycles. The lowest BCUT2D eigenvalue weighted by molar-refractivity contribution is -0.124. The van der Waals surface area contributed by atoms with Crippen LogP contribution in [0.3, 0.4) is 0 Å². The van der Waals surface area contributed by atoms with Crippen molar-refractivity contribution in [2.24, 2.45) is 0 Å². The number of amides is 1. The molecule has 0 bridgehead atoms. The number of H-pyrrole nitrogens is 1. The highest BCUT2D eigenvalue weighted by Crippen LogP contribution is 2.34. The predicted octanol–water partition coefficient (Wildman–Crippen LogP) is 3.81. The van der Waals surface area contributed by atoms with Gasteiger partial charge in [0.15, 0.2) is 18.1 Å². The van der Waals surface area contributed by atoms with Gasteiger partial charge in [0.1, 0.15) is 0 Å². The molecule has 1 amide bonds. The maximum atomic E-state index is 12.5. The lowest BCUT2D eigenvalue weighted by Gasteiger charge is -2.15. The highest BCUT2D eigenvalue weighted by molar-refractivity contribution is 5.97. The lowest BCUT2D eigenvalue weighted by Crippen LogP contribution is -2.31. The van der Waals surface area contributed by atoms with Gasteiger partial charge in [-0.1, -0.05) is 6.07 Å². The predicted molar refractivity (Wildman–Crippen MR) is 114 cm³/mol. The van der Waals surface area contributed by atoms with Crippen LogP contribution in [0.1, 0.15) is 53.0 Å². The Morgan fingerprint density at radius 3 is 2.84 bits per heavy atom. The van der Waals surface area contributed by atoms with Gasteiger partial charge in [-0.05, 0) is 74.1 Å². The number of benzene rings is 2. The number of carbonyl (C=O) groups is 2. The number of carbonyl (C=O) groups excluding carboxylic acids is 2. The van der Waals surface area contributed by atoms with E-state index in [0.29, 0.717) is 17.1 Å². The summed E-state index contributed by atoms with van der Waals surface area (Å²) in [6.45, 7) is 1.73. The summed E-state index contributed by atoms with van der Waals surface area (Å²) in [5.41, 5.74) is 4.94. The molecular weight excluding hydrogens is 396 g/mol. The largest absolute Gasteiger partial charge is 0.454 e. The quantitative estimate of drug-likeness (QED) is 0.613. The summed E-state index contributed by atoms with van der Waals surface area (Å²) in [5.74, 6) is 0.487. The monoisotopic (exact) mass is 420 g/mol. The fourth-order valence-electron chi connectivity index (χ4n) is 4.30. The average molecular weight is 420 g/mol.